The van der Waals surface area contributed by atoms with E-state index < -0.39 is 11.8 Å². The van der Waals surface area contributed by atoms with Crippen LogP contribution in [-0.2, 0) is 0 Å². The Balaban J connectivity index is 1.54. The second-order valence-electron chi connectivity index (χ2n) is 7.90. The van der Waals surface area contributed by atoms with Crippen LogP contribution in [0, 0.1) is 5.82 Å². The molecule has 1 aliphatic rings. The maximum absolute atomic E-state index is 13.2. The van der Waals surface area contributed by atoms with Crippen molar-refractivity contribution in [1.29, 1.82) is 0 Å². The number of nitrogens with zero attached hydrogens (tertiary/aromatic N) is 1. The van der Waals surface area contributed by atoms with Crippen molar-refractivity contribution < 1.29 is 18.7 Å². The average Bonchev–Trinajstić information content (AvgIpc) is 3.36. The summed E-state index contributed by atoms with van der Waals surface area (Å²) in [4.78, 5) is 27.7. The molecule has 4 rings (SSSR count). The quantitative estimate of drug-likeness (QED) is 0.419. The third-order valence-corrected chi connectivity index (χ3v) is 5.49. The third kappa shape index (κ3) is 5.64. The van der Waals surface area contributed by atoms with E-state index in [1.165, 1.54) is 24.3 Å². The lowest BCUT2D eigenvalue weighted by molar-refractivity contribution is 0.102. The first kappa shape index (κ1) is 23.1. The minimum atomic E-state index is -0.422. The molecule has 0 aliphatic carbocycles. The van der Waals surface area contributed by atoms with Gasteiger partial charge in [0.25, 0.3) is 5.91 Å². The van der Waals surface area contributed by atoms with Gasteiger partial charge >= 0.3 is 6.03 Å². The first-order chi connectivity index (χ1) is 16.5. The zero-order valence-corrected chi connectivity index (χ0v) is 18.9. The Morgan fingerprint density at radius 3 is 2.35 bits per heavy atom. The maximum atomic E-state index is 13.2. The molecule has 0 aromatic heterocycles. The molecule has 0 bridgehead atoms. The number of halogens is 1. The highest BCUT2D eigenvalue weighted by atomic mass is 19.1. The Labute approximate surface area is 197 Å². The largest absolute Gasteiger partial charge is 0.492 e. The van der Waals surface area contributed by atoms with Gasteiger partial charge in [-0.2, -0.15) is 0 Å². The molecule has 8 heteroatoms. The summed E-state index contributed by atoms with van der Waals surface area (Å²) in [5.74, 6) is -0.190. The van der Waals surface area contributed by atoms with E-state index in [-0.39, 0.29) is 5.91 Å². The second kappa shape index (κ2) is 10.7. The first-order valence-electron chi connectivity index (χ1n) is 11.3. The summed E-state index contributed by atoms with van der Waals surface area (Å²) in [7, 11) is 0. The number of amides is 3. The minimum absolute atomic E-state index is 0.338. The molecule has 0 radical (unpaired) electrons. The highest BCUT2D eigenvalue weighted by molar-refractivity contribution is 6.06. The van der Waals surface area contributed by atoms with Crippen molar-refractivity contribution in [1.82, 2.24) is 0 Å². The number of anilines is 4. The summed E-state index contributed by atoms with van der Waals surface area (Å²) in [5, 5.41) is 8.57. The van der Waals surface area contributed by atoms with Gasteiger partial charge in [0, 0.05) is 24.3 Å². The second-order valence-corrected chi connectivity index (χ2v) is 7.90. The maximum Gasteiger partial charge on any atom is 0.323 e. The lowest BCUT2D eigenvalue weighted by Crippen LogP contribution is -2.24. The van der Waals surface area contributed by atoms with Gasteiger partial charge in [-0.3, -0.25) is 4.79 Å². The van der Waals surface area contributed by atoms with E-state index in [9.17, 15) is 14.0 Å². The van der Waals surface area contributed by atoms with Crippen LogP contribution >= 0.6 is 0 Å². The summed E-state index contributed by atoms with van der Waals surface area (Å²) in [5.41, 5.74) is 2.87. The third-order valence-electron chi connectivity index (χ3n) is 5.49. The number of nitrogens with one attached hydrogen (secondary N) is 3. The van der Waals surface area contributed by atoms with Crippen molar-refractivity contribution in [3.8, 4) is 5.75 Å². The van der Waals surface area contributed by atoms with Crippen LogP contribution in [0.2, 0.25) is 0 Å². The SMILES string of the molecule is CCOc1ccccc1NC(=O)Nc1cc(NC(=O)c2ccc(F)cc2)ccc1N1CCCC1. The summed E-state index contributed by atoms with van der Waals surface area (Å²) < 4.78 is 18.8. The van der Waals surface area contributed by atoms with Gasteiger partial charge in [-0.1, -0.05) is 12.1 Å². The molecule has 0 spiro atoms. The molecule has 1 fully saturated rings. The van der Waals surface area contributed by atoms with Crippen molar-refractivity contribution in [2.75, 3.05) is 40.5 Å². The molecular formula is C26H27FN4O3. The molecule has 3 aromatic carbocycles. The van der Waals surface area contributed by atoms with Crippen molar-refractivity contribution >= 4 is 34.7 Å². The zero-order valence-electron chi connectivity index (χ0n) is 18.9. The zero-order chi connectivity index (χ0) is 23.9. The number of carbonyl (C=O) groups excluding carboxylic acids is 2. The van der Waals surface area contributed by atoms with E-state index in [0.29, 0.717) is 35.0 Å². The molecule has 0 unspecified atom stereocenters. The van der Waals surface area contributed by atoms with Crippen LogP contribution in [0.25, 0.3) is 0 Å². The van der Waals surface area contributed by atoms with Gasteiger partial charge in [0.1, 0.15) is 11.6 Å². The number of urea groups is 1. The highest BCUT2D eigenvalue weighted by Gasteiger charge is 2.19. The van der Waals surface area contributed by atoms with Crippen molar-refractivity contribution in [2.24, 2.45) is 0 Å². The fraction of sp³-hybridized carbons (Fsp3) is 0.231. The summed E-state index contributed by atoms with van der Waals surface area (Å²) in [6.07, 6.45) is 2.16. The molecule has 0 saturated carbocycles. The van der Waals surface area contributed by atoms with Crippen LogP contribution in [0.1, 0.15) is 30.1 Å². The first-order valence-corrected chi connectivity index (χ1v) is 11.3. The predicted molar refractivity (Wildman–Crippen MR) is 132 cm³/mol. The Bertz CT molecular complexity index is 1160. The number of para-hydroxylation sites is 2. The Morgan fingerprint density at radius 1 is 0.912 bits per heavy atom. The Hall–Kier alpha value is -4.07. The lowest BCUT2D eigenvalue weighted by atomic mass is 10.2. The molecule has 3 amide bonds. The molecule has 7 nitrogen and oxygen atoms in total. The van der Waals surface area contributed by atoms with Crippen molar-refractivity contribution in [2.45, 2.75) is 19.8 Å². The van der Waals surface area contributed by atoms with Crippen molar-refractivity contribution in [3.05, 3.63) is 78.1 Å². The van der Waals surface area contributed by atoms with Crippen LogP contribution in [0.4, 0.5) is 31.9 Å². The number of hydrogen-bond acceptors (Lipinski definition) is 4. The van der Waals surface area contributed by atoms with Crippen LogP contribution in [0.3, 0.4) is 0 Å². The van der Waals surface area contributed by atoms with Gasteiger partial charge < -0.3 is 25.6 Å². The molecule has 3 N–H and O–H groups in total. The van der Waals surface area contributed by atoms with E-state index in [1.807, 2.05) is 25.1 Å². The summed E-state index contributed by atoms with van der Waals surface area (Å²) in [6.45, 7) is 4.15. The van der Waals surface area contributed by atoms with Gasteiger partial charge in [0.05, 0.1) is 23.7 Å². The summed E-state index contributed by atoms with van der Waals surface area (Å²) >= 11 is 0. The van der Waals surface area contributed by atoms with Gasteiger partial charge in [-0.15, -0.1) is 0 Å². The molecule has 34 heavy (non-hydrogen) atoms. The fourth-order valence-electron chi connectivity index (χ4n) is 3.88. The molecular weight excluding hydrogens is 435 g/mol. The average molecular weight is 463 g/mol. The predicted octanol–water partition coefficient (Wildman–Crippen LogP) is 5.72. The standard InChI is InChI=1S/C26H27FN4O3/c1-2-34-24-8-4-3-7-21(24)29-26(33)30-22-17-20(13-14-23(22)31-15-5-6-16-31)28-25(32)18-9-11-19(27)12-10-18/h3-4,7-14,17H,2,5-6,15-16H2,1H3,(H,28,32)(H2,29,30,33). The normalized spacial score (nSPS) is 12.8. The topological polar surface area (TPSA) is 82.7 Å². The number of benzene rings is 3. The molecule has 1 heterocycles. The smallest absolute Gasteiger partial charge is 0.323 e. The van der Waals surface area contributed by atoms with Crippen LogP contribution in [-0.4, -0.2) is 31.6 Å². The number of ether oxygens (including phenoxy) is 1. The van der Waals surface area contributed by atoms with Gasteiger partial charge in [0.15, 0.2) is 0 Å². The molecule has 0 atom stereocenters. The van der Waals surface area contributed by atoms with Crippen molar-refractivity contribution in [3.63, 3.8) is 0 Å². The van der Waals surface area contributed by atoms with Gasteiger partial charge in [-0.25, -0.2) is 9.18 Å². The molecule has 3 aromatic rings. The lowest BCUT2D eigenvalue weighted by Gasteiger charge is -2.23. The minimum Gasteiger partial charge on any atom is -0.492 e. The highest BCUT2D eigenvalue weighted by Crippen LogP contribution is 2.32. The van der Waals surface area contributed by atoms with Crippen LogP contribution < -0.4 is 25.6 Å². The monoisotopic (exact) mass is 462 g/mol. The van der Waals surface area contributed by atoms with E-state index in [2.05, 4.69) is 20.9 Å². The molecule has 176 valence electrons. The number of rotatable bonds is 7. The molecule has 1 saturated heterocycles. The van der Waals surface area contributed by atoms with Gasteiger partial charge in [-0.05, 0) is 74.4 Å². The fourth-order valence-corrected chi connectivity index (χ4v) is 3.88. The van der Waals surface area contributed by atoms with Crippen LogP contribution in [0.15, 0.2) is 66.7 Å². The van der Waals surface area contributed by atoms with E-state index in [0.717, 1.165) is 31.6 Å². The van der Waals surface area contributed by atoms with E-state index >= 15 is 0 Å². The summed E-state index contributed by atoms with van der Waals surface area (Å²) in [6, 6.07) is 17.5. The van der Waals surface area contributed by atoms with E-state index in [4.69, 9.17) is 4.74 Å². The number of carbonyl (C=O) groups is 2. The number of hydrogen-bond donors (Lipinski definition) is 3. The van der Waals surface area contributed by atoms with E-state index in [1.54, 1.807) is 24.3 Å². The molecule has 1 aliphatic heterocycles. The Kier molecular flexibility index (Phi) is 7.27. The van der Waals surface area contributed by atoms with Gasteiger partial charge in [0.2, 0.25) is 0 Å². The van der Waals surface area contributed by atoms with Crippen LogP contribution in [0.5, 0.6) is 5.75 Å². The Morgan fingerprint density at radius 2 is 1.62 bits per heavy atom.